The first kappa shape index (κ1) is 10.1. The molecule has 0 amide bonds. The van der Waals surface area contributed by atoms with Gasteiger partial charge in [-0.3, -0.25) is 9.78 Å². The molecule has 0 fully saturated rings. The number of esters is 1. The summed E-state index contributed by atoms with van der Waals surface area (Å²) in [6, 6.07) is 0. The van der Waals surface area contributed by atoms with Crippen LogP contribution in [0.4, 0.5) is 5.95 Å². The zero-order chi connectivity index (χ0) is 11.7. The number of anilines is 1. The molecule has 8 heteroatoms. The van der Waals surface area contributed by atoms with Crippen LogP contribution in [0.3, 0.4) is 0 Å². The van der Waals surface area contributed by atoms with Gasteiger partial charge in [-0.05, 0) is 6.92 Å². The van der Waals surface area contributed by atoms with E-state index in [1.807, 2.05) is 0 Å². The minimum atomic E-state index is -0.640. The smallest absolute Gasteiger partial charge is 0.374 e. The highest BCUT2D eigenvalue weighted by molar-refractivity contribution is 5.89. The normalized spacial score (nSPS) is 10.6. The molecule has 84 valence electrons. The highest BCUT2D eigenvalue weighted by Gasteiger charge is 2.15. The number of rotatable bonds is 2. The number of H-pyrrole nitrogens is 2. The van der Waals surface area contributed by atoms with Gasteiger partial charge in [-0.2, -0.15) is 4.98 Å². The van der Waals surface area contributed by atoms with Crippen LogP contribution in [0.5, 0.6) is 0 Å². The van der Waals surface area contributed by atoms with Crippen LogP contribution in [0.2, 0.25) is 0 Å². The molecule has 2 aromatic rings. The number of fused-ring (bicyclic) bond motifs is 1. The number of nitrogens with two attached hydrogens (primary N) is 1. The van der Waals surface area contributed by atoms with Crippen molar-refractivity contribution in [3.63, 3.8) is 0 Å². The summed E-state index contributed by atoms with van der Waals surface area (Å²) in [5.41, 5.74) is 5.03. The van der Waals surface area contributed by atoms with E-state index in [-0.39, 0.29) is 29.5 Å². The van der Waals surface area contributed by atoms with Gasteiger partial charge in [0.2, 0.25) is 11.8 Å². The number of aromatic amines is 2. The number of nitrogen functional groups attached to an aromatic ring is 1. The maximum atomic E-state index is 11.4. The third-order valence-electron chi connectivity index (χ3n) is 1.85. The summed E-state index contributed by atoms with van der Waals surface area (Å²) in [6.45, 7) is 1.89. The highest BCUT2D eigenvalue weighted by atomic mass is 16.5. The van der Waals surface area contributed by atoms with Crippen LogP contribution in [0.25, 0.3) is 11.2 Å². The molecule has 0 aromatic carbocycles. The van der Waals surface area contributed by atoms with E-state index in [1.165, 1.54) is 0 Å². The maximum absolute atomic E-state index is 11.4. The fourth-order valence-electron chi connectivity index (χ4n) is 1.22. The van der Waals surface area contributed by atoms with E-state index in [9.17, 15) is 9.59 Å². The molecule has 2 heterocycles. The van der Waals surface area contributed by atoms with Crippen molar-refractivity contribution in [1.29, 1.82) is 0 Å². The van der Waals surface area contributed by atoms with E-state index in [4.69, 9.17) is 10.5 Å². The quantitative estimate of drug-likeness (QED) is 0.583. The van der Waals surface area contributed by atoms with Crippen molar-refractivity contribution in [2.45, 2.75) is 6.92 Å². The summed E-state index contributed by atoms with van der Waals surface area (Å²) < 4.78 is 4.72. The molecular formula is C8H9N5O3. The second-order valence-electron chi connectivity index (χ2n) is 2.96. The first-order valence-corrected chi connectivity index (χ1v) is 4.54. The van der Waals surface area contributed by atoms with Crippen molar-refractivity contribution < 1.29 is 9.53 Å². The molecule has 0 atom stereocenters. The predicted octanol–water partition coefficient (Wildman–Crippen LogP) is -0.595. The third kappa shape index (κ3) is 1.60. The van der Waals surface area contributed by atoms with Gasteiger partial charge in [0, 0.05) is 0 Å². The van der Waals surface area contributed by atoms with Gasteiger partial charge in [-0.1, -0.05) is 0 Å². The Morgan fingerprint density at radius 3 is 2.88 bits per heavy atom. The summed E-state index contributed by atoms with van der Waals surface area (Å²) in [5.74, 6) is -0.765. The topological polar surface area (TPSA) is 127 Å². The zero-order valence-electron chi connectivity index (χ0n) is 8.40. The van der Waals surface area contributed by atoms with Gasteiger partial charge >= 0.3 is 5.97 Å². The van der Waals surface area contributed by atoms with Crippen LogP contribution in [-0.2, 0) is 4.74 Å². The predicted molar refractivity (Wildman–Crippen MR) is 54.9 cm³/mol. The van der Waals surface area contributed by atoms with Gasteiger partial charge in [0.05, 0.1) is 6.61 Å². The lowest BCUT2D eigenvalue weighted by Crippen LogP contribution is -2.11. The van der Waals surface area contributed by atoms with E-state index in [1.54, 1.807) is 6.92 Å². The molecule has 0 aliphatic rings. The average molecular weight is 223 g/mol. The SMILES string of the molecule is CCOC(=O)c1nc2nc(N)[nH]c(=O)c2[nH]1. The van der Waals surface area contributed by atoms with Gasteiger partial charge in [0.25, 0.3) is 5.56 Å². The number of ether oxygens (including phenoxy) is 1. The summed E-state index contributed by atoms with van der Waals surface area (Å²) in [6.07, 6.45) is 0. The molecule has 0 aliphatic carbocycles. The monoisotopic (exact) mass is 223 g/mol. The van der Waals surface area contributed by atoms with Crippen molar-refractivity contribution in [3.8, 4) is 0 Å². The number of hydrogen-bond donors (Lipinski definition) is 3. The standard InChI is InChI=1S/C8H9N5O3/c1-2-16-7(15)5-10-3-4(11-5)12-8(9)13-6(3)14/h2H2,1H3,(H4,9,10,11,12,13,14). The van der Waals surface area contributed by atoms with E-state index in [0.717, 1.165) is 0 Å². The average Bonchev–Trinajstić information content (AvgIpc) is 2.62. The number of carbonyl (C=O) groups is 1. The van der Waals surface area contributed by atoms with E-state index < -0.39 is 11.5 Å². The van der Waals surface area contributed by atoms with Crippen LogP contribution >= 0.6 is 0 Å². The largest absolute Gasteiger partial charge is 0.460 e. The molecule has 0 saturated carbocycles. The van der Waals surface area contributed by atoms with E-state index in [0.29, 0.717) is 0 Å². The zero-order valence-corrected chi connectivity index (χ0v) is 8.40. The molecule has 4 N–H and O–H groups in total. The first-order chi connectivity index (χ1) is 7.61. The Hall–Kier alpha value is -2.38. The lowest BCUT2D eigenvalue weighted by atomic mass is 10.5. The van der Waals surface area contributed by atoms with Crippen molar-refractivity contribution in [3.05, 3.63) is 16.2 Å². The van der Waals surface area contributed by atoms with Crippen molar-refractivity contribution >= 4 is 23.1 Å². The number of aromatic nitrogens is 4. The Labute approximate surface area is 88.9 Å². The minimum Gasteiger partial charge on any atom is -0.460 e. The number of imidazole rings is 1. The molecule has 0 spiro atoms. The van der Waals surface area contributed by atoms with Crippen LogP contribution in [0, 0.1) is 0 Å². The maximum Gasteiger partial charge on any atom is 0.374 e. The highest BCUT2D eigenvalue weighted by Crippen LogP contribution is 2.05. The van der Waals surface area contributed by atoms with Crippen molar-refractivity contribution in [2.75, 3.05) is 12.3 Å². The van der Waals surface area contributed by atoms with Gasteiger partial charge in [0.15, 0.2) is 11.2 Å². The van der Waals surface area contributed by atoms with Crippen molar-refractivity contribution in [1.82, 2.24) is 19.9 Å². The lowest BCUT2D eigenvalue weighted by molar-refractivity contribution is 0.0513. The third-order valence-corrected chi connectivity index (χ3v) is 1.85. The first-order valence-electron chi connectivity index (χ1n) is 4.54. The summed E-state index contributed by atoms with van der Waals surface area (Å²) in [5, 5.41) is 0. The molecule has 8 nitrogen and oxygen atoms in total. The molecule has 0 aliphatic heterocycles. The number of carbonyl (C=O) groups excluding carboxylic acids is 1. The van der Waals surface area contributed by atoms with Crippen LogP contribution in [0.1, 0.15) is 17.5 Å². The van der Waals surface area contributed by atoms with E-state index >= 15 is 0 Å². The number of nitrogens with one attached hydrogen (secondary N) is 2. The van der Waals surface area contributed by atoms with Gasteiger partial charge in [-0.15, -0.1) is 0 Å². The Kier molecular flexibility index (Phi) is 2.31. The molecule has 0 saturated heterocycles. The molecule has 16 heavy (non-hydrogen) atoms. The fourth-order valence-corrected chi connectivity index (χ4v) is 1.22. The van der Waals surface area contributed by atoms with Crippen LogP contribution in [0.15, 0.2) is 4.79 Å². The van der Waals surface area contributed by atoms with Gasteiger partial charge < -0.3 is 15.5 Å². The molecular weight excluding hydrogens is 214 g/mol. The Morgan fingerprint density at radius 1 is 1.44 bits per heavy atom. The van der Waals surface area contributed by atoms with Gasteiger partial charge in [-0.25, -0.2) is 9.78 Å². The molecule has 2 rings (SSSR count). The molecule has 0 unspecified atom stereocenters. The lowest BCUT2D eigenvalue weighted by Gasteiger charge is -1.95. The molecule has 0 bridgehead atoms. The molecule has 2 aromatic heterocycles. The number of nitrogens with zero attached hydrogens (tertiary/aromatic N) is 2. The summed E-state index contributed by atoms with van der Waals surface area (Å²) in [4.78, 5) is 35.1. The fraction of sp³-hybridized carbons (Fsp3) is 0.250. The minimum absolute atomic E-state index is 0.0561. The summed E-state index contributed by atoms with van der Waals surface area (Å²) >= 11 is 0. The summed E-state index contributed by atoms with van der Waals surface area (Å²) in [7, 11) is 0. The molecule has 0 radical (unpaired) electrons. The van der Waals surface area contributed by atoms with Gasteiger partial charge in [0.1, 0.15) is 0 Å². The van der Waals surface area contributed by atoms with Crippen LogP contribution in [-0.4, -0.2) is 32.5 Å². The van der Waals surface area contributed by atoms with E-state index in [2.05, 4.69) is 19.9 Å². The Morgan fingerprint density at radius 2 is 2.19 bits per heavy atom. The van der Waals surface area contributed by atoms with Crippen molar-refractivity contribution in [2.24, 2.45) is 0 Å². The second-order valence-corrected chi connectivity index (χ2v) is 2.96. The second kappa shape index (κ2) is 3.65. The Balaban J connectivity index is 2.56. The van der Waals surface area contributed by atoms with Crippen LogP contribution < -0.4 is 11.3 Å². The number of hydrogen-bond acceptors (Lipinski definition) is 6. The Bertz CT molecular complexity index is 599.